The van der Waals surface area contributed by atoms with Crippen molar-refractivity contribution in [1.82, 2.24) is 10.6 Å². The lowest BCUT2D eigenvalue weighted by molar-refractivity contribution is -0.131. The number of amides is 1. The molecule has 0 aromatic heterocycles. The zero-order valence-corrected chi connectivity index (χ0v) is 10.1. The van der Waals surface area contributed by atoms with E-state index in [-0.39, 0.29) is 12.0 Å². The van der Waals surface area contributed by atoms with Gasteiger partial charge in [0.25, 0.3) is 0 Å². The van der Waals surface area contributed by atoms with Crippen LogP contribution in [0.15, 0.2) is 0 Å². The van der Waals surface area contributed by atoms with Gasteiger partial charge in [0.1, 0.15) is 6.10 Å². The first-order chi connectivity index (χ1) is 7.22. The standard InChI is InChI=1S/C11H24N2O2/c1-4-6-7-13-11(14)10(3)15-9-8-12-5-2/h10,12H,4-9H2,1-3H3,(H,13,14). The molecule has 0 radical (unpaired) electrons. The third-order valence-electron chi connectivity index (χ3n) is 2.10. The van der Waals surface area contributed by atoms with Gasteiger partial charge in [0.05, 0.1) is 6.61 Å². The molecule has 15 heavy (non-hydrogen) atoms. The van der Waals surface area contributed by atoms with Crippen LogP contribution < -0.4 is 10.6 Å². The minimum absolute atomic E-state index is 0.0139. The fourth-order valence-electron chi connectivity index (χ4n) is 1.09. The van der Waals surface area contributed by atoms with E-state index < -0.39 is 0 Å². The van der Waals surface area contributed by atoms with Gasteiger partial charge in [0, 0.05) is 13.1 Å². The van der Waals surface area contributed by atoms with Gasteiger partial charge in [0.2, 0.25) is 5.91 Å². The molecule has 2 N–H and O–H groups in total. The summed E-state index contributed by atoms with van der Waals surface area (Å²) in [6.45, 7) is 8.98. The third-order valence-corrected chi connectivity index (χ3v) is 2.10. The summed E-state index contributed by atoms with van der Waals surface area (Å²) in [7, 11) is 0. The van der Waals surface area contributed by atoms with E-state index in [0.29, 0.717) is 6.61 Å². The zero-order chi connectivity index (χ0) is 11.5. The van der Waals surface area contributed by atoms with Crippen molar-refractivity contribution in [2.45, 2.75) is 39.7 Å². The number of unbranched alkanes of at least 4 members (excludes halogenated alkanes) is 1. The molecular weight excluding hydrogens is 192 g/mol. The molecule has 0 aliphatic rings. The molecule has 90 valence electrons. The van der Waals surface area contributed by atoms with Crippen LogP contribution >= 0.6 is 0 Å². The van der Waals surface area contributed by atoms with Crippen LogP contribution in [0.1, 0.15) is 33.6 Å². The van der Waals surface area contributed by atoms with E-state index in [4.69, 9.17) is 4.74 Å². The Hall–Kier alpha value is -0.610. The Kier molecular flexibility index (Phi) is 9.52. The predicted molar refractivity (Wildman–Crippen MR) is 61.9 cm³/mol. The van der Waals surface area contributed by atoms with E-state index in [1.807, 2.05) is 6.92 Å². The summed E-state index contributed by atoms with van der Waals surface area (Å²) >= 11 is 0. The Morgan fingerprint density at radius 3 is 2.67 bits per heavy atom. The van der Waals surface area contributed by atoms with Crippen LogP contribution in [0.5, 0.6) is 0 Å². The average Bonchev–Trinajstić information content (AvgIpc) is 2.24. The second-order valence-electron chi connectivity index (χ2n) is 3.51. The molecule has 0 aromatic rings. The van der Waals surface area contributed by atoms with Crippen molar-refractivity contribution < 1.29 is 9.53 Å². The number of rotatable bonds is 9. The maximum atomic E-state index is 11.4. The Balaban J connectivity index is 3.42. The highest BCUT2D eigenvalue weighted by Crippen LogP contribution is 1.91. The molecule has 0 aromatic carbocycles. The van der Waals surface area contributed by atoms with E-state index in [1.165, 1.54) is 0 Å². The van der Waals surface area contributed by atoms with E-state index >= 15 is 0 Å². The number of hydrogen-bond acceptors (Lipinski definition) is 3. The van der Waals surface area contributed by atoms with E-state index in [2.05, 4.69) is 17.6 Å². The van der Waals surface area contributed by atoms with Crippen LogP contribution in [0, 0.1) is 0 Å². The van der Waals surface area contributed by atoms with Gasteiger partial charge in [-0.25, -0.2) is 0 Å². The highest BCUT2D eigenvalue weighted by molar-refractivity contribution is 5.80. The summed E-state index contributed by atoms with van der Waals surface area (Å²) in [6, 6.07) is 0. The summed E-state index contributed by atoms with van der Waals surface area (Å²) in [5.41, 5.74) is 0. The second kappa shape index (κ2) is 9.93. The Bertz CT molecular complexity index is 163. The zero-order valence-electron chi connectivity index (χ0n) is 10.1. The summed E-state index contributed by atoms with van der Waals surface area (Å²) in [6.07, 6.45) is 1.77. The largest absolute Gasteiger partial charge is 0.367 e. The molecule has 4 nitrogen and oxygen atoms in total. The Labute approximate surface area is 92.8 Å². The molecule has 0 saturated heterocycles. The highest BCUT2D eigenvalue weighted by Gasteiger charge is 2.11. The van der Waals surface area contributed by atoms with Crippen molar-refractivity contribution in [2.75, 3.05) is 26.2 Å². The van der Waals surface area contributed by atoms with Gasteiger partial charge in [-0.15, -0.1) is 0 Å². The predicted octanol–water partition coefficient (Wildman–Crippen LogP) is 0.917. The molecule has 1 unspecified atom stereocenters. The molecule has 0 rings (SSSR count). The lowest BCUT2D eigenvalue weighted by atomic mass is 10.3. The smallest absolute Gasteiger partial charge is 0.248 e. The minimum atomic E-state index is -0.347. The molecule has 0 fully saturated rings. The van der Waals surface area contributed by atoms with Crippen LogP contribution in [0.4, 0.5) is 0 Å². The van der Waals surface area contributed by atoms with Crippen molar-refractivity contribution in [3.63, 3.8) is 0 Å². The molecule has 0 aliphatic carbocycles. The van der Waals surface area contributed by atoms with E-state index in [0.717, 1.165) is 32.5 Å². The average molecular weight is 216 g/mol. The lowest BCUT2D eigenvalue weighted by Gasteiger charge is -2.13. The first-order valence-corrected chi connectivity index (χ1v) is 5.82. The number of hydrogen-bond donors (Lipinski definition) is 2. The Morgan fingerprint density at radius 2 is 2.07 bits per heavy atom. The van der Waals surface area contributed by atoms with Gasteiger partial charge in [-0.3, -0.25) is 4.79 Å². The first-order valence-electron chi connectivity index (χ1n) is 5.82. The fraction of sp³-hybridized carbons (Fsp3) is 0.909. The van der Waals surface area contributed by atoms with Crippen LogP contribution in [-0.2, 0) is 9.53 Å². The molecule has 0 heterocycles. The van der Waals surface area contributed by atoms with Gasteiger partial charge in [-0.05, 0) is 19.9 Å². The molecule has 1 atom stereocenters. The van der Waals surface area contributed by atoms with Gasteiger partial charge < -0.3 is 15.4 Å². The van der Waals surface area contributed by atoms with Crippen LogP contribution in [0.2, 0.25) is 0 Å². The monoisotopic (exact) mass is 216 g/mol. The van der Waals surface area contributed by atoms with Gasteiger partial charge >= 0.3 is 0 Å². The summed E-state index contributed by atoms with van der Waals surface area (Å²) < 4.78 is 5.36. The molecule has 1 amide bonds. The summed E-state index contributed by atoms with van der Waals surface area (Å²) in [5, 5.41) is 5.98. The van der Waals surface area contributed by atoms with Crippen LogP contribution in [0.3, 0.4) is 0 Å². The number of likely N-dealkylation sites (N-methyl/N-ethyl adjacent to an activating group) is 1. The van der Waals surface area contributed by atoms with Gasteiger partial charge in [0.15, 0.2) is 0 Å². The van der Waals surface area contributed by atoms with Crippen molar-refractivity contribution in [1.29, 1.82) is 0 Å². The molecule has 0 saturated carbocycles. The van der Waals surface area contributed by atoms with Crippen molar-refractivity contribution in [3.8, 4) is 0 Å². The molecule has 0 aliphatic heterocycles. The second-order valence-corrected chi connectivity index (χ2v) is 3.51. The topological polar surface area (TPSA) is 50.4 Å². The quantitative estimate of drug-likeness (QED) is 0.563. The van der Waals surface area contributed by atoms with Gasteiger partial charge in [-0.2, -0.15) is 0 Å². The number of nitrogens with one attached hydrogen (secondary N) is 2. The normalized spacial score (nSPS) is 12.5. The Morgan fingerprint density at radius 1 is 1.33 bits per heavy atom. The van der Waals surface area contributed by atoms with Crippen molar-refractivity contribution in [2.24, 2.45) is 0 Å². The molecule has 4 heteroatoms. The van der Waals surface area contributed by atoms with Crippen molar-refractivity contribution in [3.05, 3.63) is 0 Å². The summed E-state index contributed by atoms with van der Waals surface area (Å²) in [5.74, 6) is -0.0139. The van der Waals surface area contributed by atoms with Gasteiger partial charge in [-0.1, -0.05) is 20.3 Å². The number of carbonyl (C=O) groups excluding carboxylic acids is 1. The van der Waals surface area contributed by atoms with E-state index in [1.54, 1.807) is 6.92 Å². The first kappa shape index (κ1) is 14.4. The number of carbonyl (C=O) groups is 1. The van der Waals surface area contributed by atoms with Crippen LogP contribution in [-0.4, -0.2) is 38.3 Å². The van der Waals surface area contributed by atoms with Crippen LogP contribution in [0.25, 0.3) is 0 Å². The lowest BCUT2D eigenvalue weighted by Crippen LogP contribution is -2.36. The third kappa shape index (κ3) is 8.39. The summed E-state index contributed by atoms with van der Waals surface area (Å²) in [4.78, 5) is 11.4. The maximum absolute atomic E-state index is 11.4. The molecule has 0 spiro atoms. The minimum Gasteiger partial charge on any atom is -0.367 e. The maximum Gasteiger partial charge on any atom is 0.248 e. The SMILES string of the molecule is CCCCNC(=O)C(C)OCCNCC. The van der Waals surface area contributed by atoms with E-state index in [9.17, 15) is 4.79 Å². The fourth-order valence-corrected chi connectivity index (χ4v) is 1.09. The van der Waals surface area contributed by atoms with Crippen molar-refractivity contribution >= 4 is 5.91 Å². The molecule has 0 bridgehead atoms. The number of ether oxygens (including phenoxy) is 1. The molecular formula is C11H24N2O2. The highest BCUT2D eigenvalue weighted by atomic mass is 16.5.